The van der Waals surface area contributed by atoms with Crippen LogP contribution in [0.25, 0.3) is 0 Å². The first kappa shape index (κ1) is 17.3. The first-order valence-electron chi connectivity index (χ1n) is 6.80. The lowest BCUT2D eigenvalue weighted by Crippen LogP contribution is -2.49. The van der Waals surface area contributed by atoms with E-state index >= 15 is 0 Å². The van der Waals surface area contributed by atoms with Gasteiger partial charge in [0.15, 0.2) is 0 Å². The summed E-state index contributed by atoms with van der Waals surface area (Å²) in [4.78, 5) is 18.5. The molecule has 0 saturated carbocycles. The second kappa shape index (κ2) is 9.21. The average Bonchev–Trinajstić information content (AvgIpc) is 2.48. The Kier molecular flexibility index (Phi) is 7.95. The largest absolute Gasteiger partial charge is 0.332 e. The highest BCUT2D eigenvalue weighted by molar-refractivity contribution is 7.99. The highest BCUT2D eigenvalue weighted by Gasteiger charge is 2.27. The topological polar surface area (TPSA) is 45.2 Å². The molecule has 4 nitrogen and oxygen atoms in total. The Hall–Kier alpha value is -0.780. The van der Waals surface area contributed by atoms with E-state index in [1.54, 1.807) is 18.0 Å². The molecule has 1 fully saturated rings. The van der Waals surface area contributed by atoms with Crippen LogP contribution in [0, 0.1) is 0 Å². The predicted octanol–water partition coefficient (Wildman–Crippen LogP) is 2.12. The molecule has 2 heterocycles. The van der Waals surface area contributed by atoms with Gasteiger partial charge in [0.25, 0.3) is 0 Å². The molecule has 1 atom stereocenters. The van der Waals surface area contributed by atoms with Crippen LogP contribution in [0.3, 0.4) is 0 Å². The smallest absolute Gasteiger partial charge is 0.233 e. The Balaban J connectivity index is 0.00000200. The number of nitrogens with one attached hydrogen (secondary N) is 1. The van der Waals surface area contributed by atoms with E-state index in [4.69, 9.17) is 0 Å². The van der Waals surface area contributed by atoms with Crippen LogP contribution in [-0.4, -0.2) is 46.9 Å². The van der Waals surface area contributed by atoms with E-state index in [-0.39, 0.29) is 24.4 Å². The highest BCUT2D eigenvalue weighted by atomic mass is 35.5. The zero-order chi connectivity index (χ0) is 13.5. The summed E-state index contributed by atoms with van der Waals surface area (Å²) in [5.41, 5.74) is 1.11. The maximum Gasteiger partial charge on any atom is 0.233 e. The monoisotopic (exact) mass is 315 g/mol. The third kappa shape index (κ3) is 4.65. The van der Waals surface area contributed by atoms with Crippen LogP contribution in [0.1, 0.15) is 24.9 Å². The molecule has 1 aromatic rings. The number of thioether (sulfide) groups is 1. The van der Waals surface area contributed by atoms with Crippen LogP contribution in [0.2, 0.25) is 0 Å². The van der Waals surface area contributed by atoms with Gasteiger partial charge in [-0.15, -0.1) is 12.4 Å². The van der Waals surface area contributed by atoms with Crippen molar-refractivity contribution >= 4 is 30.1 Å². The summed E-state index contributed by atoms with van der Waals surface area (Å²) in [5, 5.41) is 3.36. The lowest BCUT2D eigenvalue weighted by atomic mass is 10.1. The molecule has 1 amide bonds. The van der Waals surface area contributed by atoms with E-state index in [1.165, 1.54) is 0 Å². The van der Waals surface area contributed by atoms with Crippen molar-refractivity contribution in [3.05, 3.63) is 30.1 Å². The number of halogens is 1. The molecule has 0 aliphatic carbocycles. The van der Waals surface area contributed by atoms with Crippen LogP contribution in [0.4, 0.5) is 0 Å². The standard InChI is InChI=1S/C14H21N3OS.ClH/c1-2-8-19-11-14(18)17-7-6-16-10-13(17)12-4-3-5-15-9-12;/h3-5,9,13,16H,2,6-8,10-11H2,1H3;1H. The molecular formula is C14H22ClN3OS. The quantitative estimate of drug-likeness (QED) is 0.845. The molecule has 1 N–H and O–H groups in total. The Labute approximate surface area is 131 Å². The second-order valence-corrected chi connectivity index (χ2v) is 5.75. The zero-order valence-corrected chi connectivity index (χ0v) is 13.4. The molecule has 0 bridgehead atoms. The molecule has 0 aromatic carbocycles. The minimum Gasteiger partial charge on any atom is -0.332 e. The maximum atomic E-state index is 12.3. The number of carbonyl (C=O) groups excluding carboxylic acids is 1. The minimum absolute atomic E-state index is 0. The summed E-state index contributed by atoms with van der Waals surface area (Å²) in [6.45, 7) is 4.61. The molecular weight excluding hydrogens is 294 g/mol. The fraction of sp³-hybridized carbons (Fsp3) is 0.571. The van der Waals surface area contributed by atoms with Gasteiger partial charge in [-0.3, -0.25) is 9.78 Å². The van der Waals surface area contributed by atoms with Crippen molar-refractivity contribution in [2.45, 2.75) is 19.4 Å². The SMILES string of the molecule is CCCSCC(=O)N1CCNCC1c1cccnc1.Cl. The number of amides is 1. The molecule has 20 heavy (non-hydrogen) atoms. The van der Waals surface area contributed by atoms with Crippen LogP contribution >= 0.6 is 24.2 Å². The molecule has 2 rings (SSSR count). The van der Waals surface area contributed by atoms with Gasteiger partial charge in [0.05, 0.1) is 11.8 Å². The Bertz CT molecular complexity index is 405. The van der Waals surface area contributed by atoms with Crippen molar-refractivity contribution in [3.8, 4) is 0 Å². The Morgan fingerprint density at radius 3 is 3.15 bits per heavy atom. The molecule has 1 aromatic heterocycles. The zero-order valence-electron chi connectivity index (χ0n) is 11.7. The number of hydrogen-bond acceptors (Lipinski definition) is 4. The van der Waals surface area contributed by atoms with Crippen molar-refractivity contribution in [2.75, 3.05) is 31.1 Å². The third-order valence-electron chi connectivity index (χ3n) is 3.21. The molecule has 6 heteroatoms. The number of carbonyl (C=O) groups is 1. The van der Waals surface area contributed by atoms with Crippen molar-refractivity contribution in [2.24, 2.45) is 0 Å². The van der Waals surface area contributed by atoms with E-state index in [0.29, 0.717) is 5.75 Å². The van der Waals surface area contributed by atoms with Gasteiger partial charge < -0.3 is 10.2 Å². The van der Waals surface area contributed by atoms with E-state index in [1.807, 2.05) is 23.2 Å². The Morgan fingerprint density at radius 2 is 2.45 bits per heavy atom. The third-order valence-corrected chi connectivity index (χ3v) is 4.35. The van der Waals surface area contributed by atoms with Gasteiger partial charge in [-0.2, -0.15) is 11.8 Å². The molecule has 0 radical (unpaired) electrons. The first-order chi connectivity index (χ1) is 9.33. The second-order valence-electron chi connectivity index (χ2n) is 4.65. The summed E-state index contributed by atoms with van der Waals surface area (Å²) < 4.78 is 0. The van der Waals surface area contributed by atoms with Gasteiger partial charge in [0.1, 0.15) is 0 Å². The first-order valence-corrected chi connectivity index (χ1v) is 7.96. The number of nitrogens with zero attached hydrogens (tertiary/aromatic N) is 2. The molecule has 1 aliphatic heterocycles. The fourth-order valence-corrected chi connectivity index (χ4v) is 3.03. The van der Waals surface area contributed by atoms with Crippen LogP contribution in [0.5, 0.6) is 0 Å². The molecule has 1 unspecified atom stereocenters. The van der Waals surface area contributed by atoms with Gasteiger partial charge in [0.2, 0.25) is 5.91 Å². The van der Waals surface area contributed by atoms with Crippen LogP contribution < -0.4 is 5.32 Å². The summed E-state index contributed by atoms with van der Waals surface area (Å²) in [5.74, 6) is 1.88. The molecule has 1 saturated heterocycles. The molecule has 1 aliphatic rings. The summed E-state index contributed by atoms with van der Waals surface area (Å²) in [7, 11) is 0. The van der Waals surface area contributed by atoms with Gasteiger partial charge >= 0.3 is 0 Å². The predicted molar refractivity (Wildman–Crippen MR) is 86.4 cm³/mol. The molecule has 0 spiro atoms. The summed E-state index contributed by atoms with van der Waals surface area (Å²) in [6.07, 6.45) is 4.74. The number of piperazine rings is 1. The van der Waals surface area contributed by atoms with E-state index < -0.39 is 0 Å². The van der Waals surface area contributed by atoms with Crippen molar-refractivity contribution in [1.82, 2.24) is 15.2 Å². The van der Waals surface area contributed by atoms with Crippen molar-refractivity contribution in [1.29, 1.82) is 0 Å². The number of aromatic nitrogens is 1. The van der Waals surface area contributed by atoms with Gasteiger partial charge in [0, 0.05) is 32.0 Å². The van der Waals surface area contributed by atoms with Crippen LogP contribution in [0.15, 0.2) is 24.5 Å². The lowest BCUT2D eigenvalue weighted by Gasteiger charge is -2.36. The lowest BCUT2D eigenvalue weighted by molar-refractivity contribution is -0.131. The normalized spacial score (nSPS) is 18.4. The fourth-order valence-electron chi connectivity index (χ4n) is 2.26. The van der Waals surface area contributed by atoms with Gasteiger partial charge in [-0.25, -0.2) is 0 Å². The van der Waals surface area contributed by atoms with Gasteiger partial charge in [-0.1, -0.05) is 13.0 Å². The van der Waals surface area contributed by atoms with Crippen molar-refractivity contribution in [3.63, 3.8) is 0 Å². The van der Waals surface area contributed by atoms with Gasteiger partial charge in [-0.05, 0) is 23.8 Å². The van der Waals surface area contributed by atoms with E-state index in [9.17, 15) is 4.79 Å². The number of rotatable bonds is 5. The number of pyridine rings is 1. The van der Waals surface area contributed by atoms with Crippen LogP contribution in [-0.2, 0) is 4.79 Å². The Morgan fingerprint density at radius 1 is 1.60 bits per heavy atom. The van der Waals surface area contributed by atoms with E-state index in [2.05, 4.69) is 17.2 Å². The average molecular weight is 316 g/mol. The highest BCUT2D eigenvalue weighted by Crippen LogP contribution is 2.22. The maximum absolute atomic E-state index is 12.3. The molecule has 112 valence electrons. The van der Waals surface area contributed by atoms with Crippen molar-refractivity contribution < 1.29 is 4.79 Å². The summed E-state index contributed by atoms with van der Waals surface area (Å²) >= 11 is 1.72. The summed E-state index contributed by atoms with van der Waals surface area (Å²) in [6, 6.07) is 4.10. The minimum atomic E-state index is 0. The van der Waals surface area contributed by atoms with E-state index in [0.717, 1.165) is 37.4 Å². The number of hydrogen-bond donors (Lipinski definition) is 1.